The van der Waals surface area contributed by atoms with Crippen LogP contribution in [0.15, 0.2) is 21.7 Å². The molecule has 2 N–H and O–H groups in total. The van der Waals surface area contributed by atoms with Gasteiger partial charge in [-0.1, -0.05) is 6.92 Å². The topological polar surface area (TPSA) is 66.4 Å². The van der Waals surface area contributed by atoms with Gasteiger partial charge in [0.25, 0.3) is 0 Å². The van der Waals surface area contributed by atoms with Crippen molar-refractivity contribution >= 4 is 32.7 Å². The Labute approximate surface area is 127 Å². The summed E-state index contributed by atoms with van der Waals surface area (Å²) in [5, 5.41) is 13.0. The van der Waals surface area contributed by atoms with Crippen LogP contribution in [0.4, 0.5) is 0 Å². The van der Waals surface area contributed by atoms with E-state index in [1.54, 1.807) is 23.6 Å². The standard InChI is InChI=1S/C13H17NO3S3/c1-3-10-4-5-18-11(10)6-14-20(16,17)13-9(2)8-19-12(13)7-15/h4-5,8,14-15H,3,6-7H2,1-2H3. The summed E-state index contributed by atoms with van der Waals surface area (Å²) >= 11 is 2.82. The van der Waals surface area contributed by atoms with Crippen molar-refractivity contribution in [1.29, 1.82) is 0 Å². The number of aliphatic hydroxyl groups is 1. The maximum Gasteiger partial charge on any atom is 0.242 e. The third-order valence-corrected chi connectivity index (χ3v) is 6.85. The predicted molar refractivity (Wildman–Crippen MR) is 82.7 cm³/mol. The van der Waals surface area contributed by atoms with Gasteiger partial charge in [-0.3, -0.25) is 0 Å². The fraction of sp³-hybridized carbons (Fsp3) is 0.385. The van der Waals surface area contributed by atoms with Gasteiger partial charge in [0.2, 0.25) is 10.0 Å². The second-order valence-corrected chi connectivity index (χ2v) is 8.04. The average molecular weight is 331 g/mol. The van der Waals surface area contributed by atoms with Gasteiger partial charge in [0.15, 0.2) is 0 Å². The predicted octanol–water partition coefficient (Wildman–Crippen LogP) is 2.65. The van der Waals surface area contributed by atoms with Gasteiger partial charge >= 0.3 is 0 Å². The summed E-state index contributed by atoms with van der Waals surface area (Å²) < 4.78 is 27.4. The van der Waals surface area contributed by atoms with Crippen LogP contribution in [0, 0.1) is 6.92 Å². The Kier molecular flexibility index (Phi) is 4.98. The van der Waals surface area contributed by atoms with Crippen molar-refractivity contribution in [1.82, 2.24) is 4.72 Å². The summed E-state index contributed by atoms with van der Waals surface area (Å²) in [4.78, 5) is 1.74. The number of rotatable bonds is 6. The molecule has 0 unspecified atom stereocenters. The Morgan fingerprint density at radius 1 is 1.30 bits per heavy atom. The Balaban J connectivity index is 2.22. The molecule has 0 amide bonds. The highest BCUT2D eigenvalue weighted by molar-refractivity contribution is 7.89. The molecule has 0 aliphatic rings. The summed E-state index contributed by atoms with van der Waals surface area (Å²) in [5.41, 5.74) is 1.84. The van der Waals surface area contributed by atoms with Gasteiger partial charge in [0.05, 0.1) is 11.5 Å². The number of hydrogen-bond acceptors (Lipinski definition) is 5. The normalized spacial score (nSPS) is 11.9. The minimum absolute atomic E-state index is 0.222. The summed E-state index contributed by atoms with van der Waals surface area (Å²) in [6.07, 6.45) is 0.889. The third-order valence-electron chi connectivity index (χ3n) is 3.04. The summed E-state index contributed by atoms with van der Waals surface area (Å²) in [7, 11) is -3.58. The van der Waals surface area contributed by atoms with E-state index in [4.69, 9.17) is 0 Å². The van der Waals surface area contributed by atoms with Crippen LogP contribution in [0.1, 0.15) is 27.8 Å². The van der Waals surface area contributed by atoms with Crippen molar-refractivity contribution in [2.75, 3.05) is 0 Å². The number of sulfonamides is 1. The Hall–Kier alpha value is -0.730. The van der Waals surface area contributed by atoms with Crippen molar-refractivity contribution in [3.63, 3.8) is 0 Å². The molecule has 2 aromatic rings. The van der Waals surface area contributed by atoms with E-state index in [1.165, 1.54) is 16.9 Å². The molecule has 4 nitrogen and oxygen atoms in total. The van der Waals surface area contributed by atoms with Crippen LogP contribution in [0.3, 0.4) is 0 Å². The first-order valence-corrected chi connectivity index (χ1v) is 9.46. The van der Waals surface area contributed by atoms with Crippen LogP contribution in [0.25, 0.3) is 0 Å². The molecule has 0 atom stereocenters. The van der Waals surface area contributed by atoms with Gasteiger partial charge in [0.1, 0.15) is 4.90 Å². The second-order valence-electron chi connectivity index (χ2n) is 4.38. The van der Waals surface area contributed by atoms with Crippen LogP contribution < -0.4 is 4.72 Å². The van der Waals surface area contributed by atoms with Gasteiger partial charge in [-0.05, 0) is 41.3 Å². The van der Waals surface area contributed by atoms with Crippen LogP contribution in [-0.2, 0) is 29.6 Å². The van der Waals surface area contributed by atoms with Crippen molar-refractivity contribution in [3.05, 3.63) is 37.7 Å². The lowest BCUT2D eigenvalue weighted by Gasteiger charge is -2.08. The van der Waals surface area contributed by atoms with Gasteiger partial charge in [0, 0.05) is 11.4 Å². The van der Waals surface area contributed by atoms with Crippen LogP contribution >= 0.6 is 22.7 Å². The first-order valence-electron chi connectivity index (χ1n) is 6.22. The molecule has 110 valence electrons. The highest BCUT2D eigenvalue weighted by Crippen LogP contribution is 2.27. The van der Waals surface area contributed by atoms with Crippen LogP contribution in [0.2, 0.25) is 0 Å². The van der Waals surface area contributed by atoms with E-state index < -0.39 is 10.0 Å². The first kappa shape index (κ1) is 15.7. The van der Waals surface area contributed by atoms with Gasteiger partial charge < -0.3 is 5.11 Å². The zero-order valence-corrected chi connectivity index (χ0v) is 13.8. The number of hydrogen-bond donors (Lipinski definition) is 2. The first-order chi connectivity index (χ1) is 9.49. The molecule has 0 aliphatic heterocycles. The van der Waals surface area contributed by atoms with Crippen LogP contribution in [0.5, 0.6) is 0 Å². The van der Waals surface area contributed by atoms with Gasteiger partial charge in [-0.25, -0.2) is 13.1 Å². The number of thiophene rings is 2. The number of aryl methyl sites for hydroxylation is 2. The molecule has 20 heavy (non-hydrogen) atoms. The lowest BCUT2D eigenvalue weighted by molar-refractivity contribution is 0.282. The van der Waals surface area contributed by atoms with E-state index in [1.807, 2.05) is 18.4 Å². The molecule has 7 heteroatoms. The average Bonchev–Trinajstić information content (AvgIpc) is 3.02. The molecule has 0 fully saturated rings. The molecular formula is C13H17NO3S3. The summed E-state index contributed by atoms with van der Waals surface area (Å²) in [6, 6.07) is 2.02. The third kappa shape index (κ3) is 3.12. The SMILES string of the molecule is CCc1ccsc1CNS(=O)(=O)c1c(C)csc1CO. The molecule has 0 aliphatic carbocycles. The van der Waals surface area contributed by atoms with E-state index in [9.17, 15) is 13.5 Å². The zero-order chi connectivity index (χ0) is 14.8. The quantitative estimate of drug-likeness (QED) is 0.855. The summed E-state index contributed by atoms with van der Waals surface area (Å²) in [5.74, 6) is 0. The lowest BCUT2D eigenvalue weighted by atomic mass is 10.2. The fourth-order valence-corrected chi connectivity index (χ4v) is 5.69. The Morgan fingerprint density at radius 3 is 2.70 bits per heavy atom. The highest BCUT2D eigenvalue weighted by atomic mass is 32.2. The second kappa shape index (κ2) is 6.36. The van der Waals surface area contributed by atoms with E-state index in [-0.39, 0.29) is 11.5 Å². The smallest absolute Gasteiger partial charge is 0.242 e. The molecule has 0 aromatic carbocycles. The van der Waals surface area contributed by atoms with E-state index >= 15 is 0 Å². The minimum atomic E-state index is -3.58. The molecule has 2 aromatic heterocycles. The molecule has 2 rings (SSSR count). The monoisotopic (exact) mass is 331 g/mol. The minimum Gasteiger partial charge on any atom is -0.391 e. The molecule has 0 spiro atoms. The van der Waals surface area contributed by atoms with Crippen molar-refractivity contribution in [2.24, 2.45) is 0 Å². The summed E-state index contributed by atoms with van der Waals surface area (Å²) in [6.45, 7) is 3.83. The van der Waals surface area contributed by atoms with Gasteiger partial charge in [-0.15, -0.1) is 22.7 Å². The van der Waals surface area contributed by atoms with Crippen molar-refractivity contribution in [2.45, 2.75) is 38.3 Å². The van der Waals surface area contributed by atoms with E-state index in [0.29, 0.717) is 17.0 Å². The Morgan fingerprint density at radius 2 is 2.05 bits per heavy atom. The van der Waals surface area contributed by atoms with Crippen molar-refractivity contribution < 1.29 is 13.5 Å². The molecule has 0 saturated carbocycles. The Bertz CT molecular complexity index is 686. The van der Waals surface area contributed by atoms with Crippen LogP contribution in [-0.4, -0.2) is 13.5 Å². The maximum absolute atomic E-state index is 12.4. The number of aliphatic hydroxyl groups excluding tert-OH is 1. The van der Waals surface area contributed by atoms with Crippen molar-refractivity contribution in [3.8, 4) is 0 Å². The maximum atomic E-state index is 12.4. The molecular weight excluding hydrogens is 314 g/mol. The van der Waals surface area contributed by atoms with Gasteiger partial charge in [-0.2, -0.15) is 0 Å². The number of nitrogens with one attached hydrogen (secondary N) is 1. The van der Waals surface area contributed by atoms with E-state index in [0.717, 1.165) is 11.3 Å². The fourth-order valence-electron chi connectivity index (χ4n) is 2.03. The molecule has 0 radical (unpaired) electrons. The highest BCUT2D eigenvalue weighted by Gasteiger charge is 2.22. The van der Waals surface area contributed by atoms with E-state index in [2.05, 4.69) is 4.72 Å². The molecule has 0 bridgehead atoms. The largest absolute Gasteiger partial charge is 0.391 e. The molecule has 2 heterocycles. The molecule has 0 saturated heterocycles. The lowest BCUT2D eigenvalue weighted by Crippen LogP contribution is -2.24. The zero-order valence-electron chi connectivity index (χ0n) is 11.3.